The minimum Gasteiger partial charge on any atom is -0.464 e. The maximum Gasteiger partial charge on any atom is 0.334 e. The molecule has 0 bridgehead atoms. The first-order valence-electron chi connectivity index (χ1n) is 6.29. The first-order valence-corrected chi connectivity index (χ1v) is 6.29. The largest absolute Gasteiger partial charge is 0.464 e. The van der Waals surface area contributed by atoms with Crippen LogP contribution in [0.3, 0.4) is 0 Å². The number of aliphatic hydroxyl groups excluding tert-OH is 2. The molecule has 7 heteroatoms. The molecule has 0 aromatic carbocycles. The van der Waals surface area contributed by atoms with Crippen molar-refractivity contribution in [1.29, 1.82) is 0 Å². The second-order valence-corrected chi connectivity index (χ2v) is 4.04. The van der Waals surface area contributed by atoms with Crippen LogP contribution in [0.2, 0.25) is 0 Å². The van der Waals surface area contributed by atoms with Crippen molar-refractivity contribution in [1.82, 2.24) is 4.90 Å². The van der Waals surface area contributed by atoms with E-state index in [4.69, 9.17) is 14.9 Å². The molecule has 1 rings (SSSR count). The number of carbonyl (C=O) groups is 2. The molecule has 0 spiro atoms. The van der Waals surface area contributed by atoms with Gasteiger partial charge in [0.25, 0.3) is 5.91 Å². The number of rotatable bonds is 3. The molecule has 0 aromatic heterocycles. The molecule has 112 valence electrons. The first-order chi connectivity index (χ1) is 8.90. The third kappa shape index (κ3) is 7.76. The molecule has 0 saturated carbocycles. The van der Waals surface area contributed by atoms with Gasteiger partial charge in [-0.25, -0.2) is 4.79 Å². The molecular weight excluding hydrogens is 254 g/mol. The van der Waals surface area contributed by atoms with Gasteiger partial charge < -0.3 is 24.6 Å². The van der Waals surface area contributed by atoms with Crippen molar-refractivity contribution >= 4 is 11.9 Å². The van der Waals surface area contributed by atoms with E-state index in [1.807, 2.05) is 0 Å². The van der Waals surface area contributed by atoms with Gasteiger partial charge in [-0.3, -0.25) is 4.79 Å². The summed E-state index contributed by atoms with van der Waals surface area (Å²) in [5.41, 5.74) is 0. The van der Waals surface area contributed by atoms with Crippen LogP contribution in [-0.2, 0) is 19.1 Å². The lowest BCUT2D eigenvalue weighted by Gasteiger charge is -2.27. The highest BCUT2D eigenvalue weighted by Crippen LogP contribution is 1.99. The van der Waals surface area contributed by atoms with Crippen LogP contribution < -0.4 is 0 Å². The summed E-state index contributed by atoms with van der Waals surface area (Å²) in [5, 5.41) is 17.4. The Bertz CT molecular complexity index is 273. The molecule has 19 heavy (non-hydrogen) atoms. The van der Waals surface area contributed by atoms with Gasteiger partial charge in [0.05, 0.1) is 19.8 Å². The zero-order valence-electron chi connectivity index (χ0n) is 11.7. The van der Waals surface area contributed by atoms with Crippen molar-refractivity contribution in [2.24, 2.45) is 0 Å². The molecule has 1 aliphatic rings. The van der Waals surface area contributed by atoms with Gasteiger partial charge in [0, 0.05) is 13.1 Å². The Morgan fingerprint density at radius 1 is 1.21 bits per heavy atom. The predicted octanol–water partition coefficient (Wildman–Crippen LogP) is -0.844. The van der Waals surface area contributed by atoms with Gasteiger partial charge in [-0.15, -0.1) is 0 Å². The third-order valence-electron chi connectivity index (χ3n) is 2.31. The quantitative estimate of drug-likeness (QED) is 0.653. The van der Waals surface area contributed by atoms with Gasteiger partial charge in [-0.05, 0) is 20.8 Å². The third-order valence-corrected chi connectivity index (χ3v) is 2.31. The van der Waals surface area contributed by atoms with E-state index >= 15 is 0 Å². The van der Waals surface area contributed by atoms with Gasteiger partial charge in [-0.1, -0.05) is 0 Å². The Kier molecular flexibility index (Phi) is 9.11. The highest BCUT2D eigenvalue weighted by atomic mass is 16.5. The second kappa shape index (κ2) is 9.71. The zero-order chi connectivity index (χ0) is 14.8. The number of esters is 1. The molecule has 2 N–H and O–H groups in total. The topological polar surface area (TPSA) is 96.3 Å². The molecule has 1 amide bonds. The van der Waals surface area contributed by atoms with E-state index in [1.165, 1.54) is 13.8 Å². The normalized spacial score (nSPS) is 17.8. The van der Waals surface area contributed by atoms with E-state index in [0.29, 0.717) is 32.9 Å². The van der Waals surface area contributed by atoms with Crippen LogP contribution in [0, 0.1) is 0 Å². The van der Waals surface area contributed by atoms with Crippen molar-refractivity contribution in [3.8, 4) is 0 Å². The standard InChI is InChI=1S/C7H13NO3.C5H10O3/c1-6(9)7(10)8-2-4-11-5-3-8;1-3-8-5(7)4(2)6/h6,9H,2-5H2,1H3;4,6H,3H2,1-2H3/t6-;4-/m00/s1. The minimum atomic E-state index is -0.991. The van der Waals surface area contributed by atoms with Crippen molar-refractivity contribution in [3.63, 3.8) is 0 Å². The van der Waals surface area contributed by atoms with Crippen molar-refractivity contribution in [3.05, 3.63) is 0 Å². The van der Waals surface area contributed by atoms with Crippen LogP contribution in [0.5, 0.6) is 0 Å². The molecule has 7 nitrogen and oxygen atoms in total. The zero-order valence-corrected chi connectivity index (χ0v) is 11.7. The number of nitrogens with zero attached hydrogens (tertiary/aromatic N) is 1. The van der Waals surface area contributed by atoms with Crippen LogP contribution in [0.4, 0.5) is 0 Å². The van der Waals surface area contributed by atoms with Crippen LogP contribution in [0.15, 0.2) is 0 Å². The average molecular weight is 277 g/mol. The number of ether oxygens (including phenoxy) is 2. The van der Waals surface area contributed by atoms with Gasteiger partial charge in [0.15, 0.2) is 0 Å². The number of hydrogen-bond acceptors (Lipinski definition) is 6. The molecule has 2 atom stereocenters. The summed E-state index contributed by atoms with van der Waals surface area (Å²) in [6.45, 7) is 7.24. The van der Waals surface area contributed by atoms with Crippen LogP contribution >= 0.6 is 0 Å². The Hall–Kier alpha value is -1.18. The molecule has 0 unspecified atom stereocenters. The summed E-state index contributed by atoms with van der Waals surface area (Å²) in [6, 6.07) is 0. The van der Waals surface area contributed by atoms with E-state index in [-0.39, 0.29) is 5.91 Å². The fraction of sp³-hybridized carbons (Fsp3) is 0.833. The monoisotopic (exact) mass is 277 g/mol. The van der Waals surface area contributed by atoms with Gasteiger partial charge >= 0.3 is 5.97 Å². The van der Waals surface area contributed by atoms with E-state index in [0.717, 1.165) is 0 Å². The second-order valence-electron chi connectivity index (χ2n) is 4.04. The molecule has 1 aliphatic heterocycles. The maximum absolute atomic E-state index is 11.1. The number of hydrogen-bond donors (Lipinski definition) is 2. The van der Waals surface area contributed by atoms with Crippen LogP contribution in [0.1, 0.15) is 20.8 Å². The maximum atomic E-state index is 11.1. The Morgan fingerprint density at radius 3 is 2.05 bits per heavy atom. The Morgan fingerprint density at radius 2 is 1.74 bits per heavy atom. The molecule has 1 heterocycles. The van der Waals surface area contributed by atoms with Gasteiger partial charge in [-0.2, -0.15) is 0 Å². The number of aliphatic hydroxyl groups is 2. The Labute approximate surface area is 113 Å². The summed E-state index contributed by atoms with van der Waals surface area (Å²) >= 11 is 0. The fourth-order valence-electron chi connectivity index (χ4n) is 1.31. The number of carbonyl (C=O) groups excluding carboxylic acids is 2. The summed E-state index contributed by atoms with van der Waals surface area (Å²) in [5.74, 6) is -0.763. The van der Waals surface area contributed by atoms with Crippen molar-refractivity contribution in [2.45, 2.75) is 33.0 Å². The Balaban J connectivity index is 0.000000362. The molecule has 1 saturated heterocycles. The van der Waals surface area contributed by atoms with E-state index in [9.17, 15) is 9.59 Å². The lowest BCUT2D eigenvalue weighted by molar-refractivity contribution is -0.151. The van der Waals surface area contributed by atoms with Gasteiger partial charge in [0.2, 0.25) is 0 Å². The molecular formula is C12H23NO6. The van der Waals surface area contributed by atoms with Gasteiger partial charge in [0.1, 0.15) is 12.2 Å². The molecule has 0 aliphatic carbocycles. The highest BCUT2D eigenvalue weighted by Gasteiger charge is 2.19. The summed E-state index contributed by atoms with van der Waals surface area (Å²) in [6.07, 6.45) is -1.87. The number of amides is 1. The predicted molar refractivity (Wildman–Crippen MR) is 67.4 cm³/mol. The summed E-state index contributed by atoms with van der Waals surface area (Å²) < 4.78 is 9.47. The molecule has 1 fully saturated rings. The lowest BCUT2D eigenvalue weighted by Crippen LogP contribution is -2.44. The molecule has 0 aromatic rings. The van der Waals surface area contributed by atoms with Crippen molar-refractivity contribution in [2.75, 3.05) is 32.9 Å². The van der Waals surface area contributed by atoms with Crippen LogP contribution in [0.25, 0.3) is 0 Å². The summed E-state index contributed by atoms with van der Waals surface area (Å²) in [7, 11) is 0. The smallest absolute Gasteiger partial charge is 0.334 e. The summed E-state index contributed by atoms with van der Waals surface area (Å²) in [4.78, 5) is 23.0. The van der Waals surface area contributed by atoms with E-state index in [1.54, 1.807) is 11.8 Å². The fourth-order valence-corrected chi connectivity index (χ4v) is 1.31. The van der Waals surface area contributed by atoms with Crippen LogP contribution in [-0.4, -0.2) is 72.1 Å². The van der Waals surface area contributed by atoms with Crippen molar-refractivity contribution < 1.29 is 29.3 Å². The lowest BCUT2D eigenvalue weighted by atomic mass is 10.3. The minimum absolute atomic E-state index is 0.201. The SMILES string of the molecule is CCOC(=O)[C@H](C)O.C[C@H](O)C(=O)N1CCOCC1. The first kappa shape index (κ1) is 17.8. The highest BCUT2D eigenvalue weighted by molar-refractivity contribution is 5.80. The number of morpholine rings is 1. The molecule has 0 radical (unpaired) electrons. The van der Waals surface area contributed by atoms with E-state index < -0.39 is 18.2 Å². The average Bonchev–Trinajstić information content (AvgIpc) is 2.39. The van der Waals surface area contributed by atoms with E-state index in [2.05, 4.69) is 4.74 Å².